The highest BCUT2D eigenvalue weighted by molar-refractivity contribution is 6.25. The van der Waals surface area contributed by atoms with Crippen molar-refractivity contribution in [1.29, 1.82) is 0 Å². The zero-order valence-corrected chi connectivity index (χ0v) is 40.1. The maximum Gasteiger partial charge on any atom is 0.264 e. The molecular formula is C52H58N10O10. The number of benzene rings is 3. The van der Waals surface area contributed by atoms with Crippen LogP contribution in [0.4, 0.5) is 23.0 Å². The Morgan fingerprint density at radius 3 is 2.22 bits per heavy atom. The van der Waals surface area contributed by atoms with Gasteiger partial charge in [0, 0.05) is 92.5 Å². The van der Waals surface area contributed by atoms with E-state index in [1.807, 2.05) is 72.5 Å². The van der Waals surface area contributed by atoms with Gasteiger partial charge in [0.2, 0.25) is 23.7 Å². The Morgan fingerprint density at radius 1 is 0.764 bits per heavy atom. The molecular weight excluding hydrogens is 925 g/mol. The molecule has 5 aromatic rings. The second-order valence-electron chi connectivity index (χ2n) is 17.3. The number of imide groups is 2. The Labute approximate surface area is 416 Å². The Kier molecular flexibility index (Phi) is 17.7. The first-order valence-electron chi connectivity index (χ1n) is 24.0. The Balaban J connectivity index is 0.631. The molecule has 2 fully saturated rings. The SMILES string of the molecule is Cc1ccc(NC(=O)c2ccc(CN3CCN(C(=O)CCOCCOCCOCCOCCNc4cccc5c4C(=O)N(C4CCC(=O)NC4=O)C5=O)CC3)cc2)cc1Nc1nccc(-c2cccnc2)n1. The van der Waals surface area contributed by atoms with Gasteiger partial charge in [-0.05, 0) is 79.1 Å². The summed E-state index contributed by atoms with van der Waals surface area (Å²) >= 11 is 0. The molecule has 0 saturated carbocycles. The minimum Gasteiger partial charge on any atom is -0.382 e. The monoisotopic (exact) mass is 982 g/mol. The minimum atomic E-state index is -1.03. The standard InChI is InChI=1S/C52H58N10O10/c1-35-7-12-39(32-43(35)58-52-55-18-15-41(57-52)38-4-3-17-53-33-38)56-48(65)37-10-8-36(9-11-37)34-60-20-22-61(23-21-60)46(64)16-24-69-26-28-71-30-31-72-29-27-70-25-19-54-42-6-2-5-40-47(42)51(68)62(50(40)67)44-13-14-45(63)59-49(44)66/h2-12,15,17-18,32-33,44,54H,13-14,16,19-31,34H2,1H3,(H,56,65)(H,55,57,58)(H,59,63,66). The molecule has 1 unspecified atom stereocenters. The van der Waals surface area contributed by atoms with Crippen molar-refractivity contribution >= 4 is 58.5 Å². The predicted octanol–water partition coefficient (Wildman–Crippen LogP) is 4.46. The van der Waals surface area contributed by atoms with Crippen LogP contribution in [0.1, 0.15) is 61.5 Å². The van der Waals surface area contributed by atoms with Crippen molar-refractivity contribution in [2.24, 2.45) is 0 Å². The molecule has 0 aliphatic carbocycles. The Morgan fingerprint density at radius 2 is 1.50 bits per heavy atom. The zero-order chi connectivity index (χ0) is 50.2. The number of anilines is 4. The number of amides is 6. The van der Waals surface area contributed by atoms with Crippen LogP contribution in [-0.2, 0) is 39.9 Å². The molecule has 0 spiro atoms. The normalized spacial score (nSPS) is 15.9. The van der Waals surface area contributed by atoms with Crippen LogP contribution in [0.15, 0.2) is 97.5 Å². The number of hydrogen-bond acceptors (Lipinski definition) is 16. The van der Waals surface area contributed by atoms with Gasteiger partial charge in [0.25, 0.3) is 17.7 Å². The summed E-state index contributed by atoms with van der Waals surface area (Å²) in [6.45, 7) is 8.63. The fourth-order valence-corrected chi connectivity index (χ4v) is 8.43. The van der Waals surface area contributed by atoms with Crippen LogP contribution in [0.25, 0.3) is 11.3 Å². The van der Waals surface area contributed by atoms with Gasteiger partial charge in [-0.15, -0.1) is 0 Å². The van der Waals surface area contributed by atoms with Crippen LogP contribution in [0.3, 0.4) is 0 Å². The summed E-state index contributed by atoms with van der Waals surface area (Å²) < 4.78 is 22.4. The lowest BCUT2D eigenvalue weighted by Gasteiger charge is -2.34. The summed E-state index contributed by atoms with van der Waals surface area (Å²) in [5.74, 6) is -1.93. The predicted molar refractivity (Wildman–Crippen MR) is 265 cm³/mol. The van der Waals surface area contributed by atoms with E-state index in [-0.39, 0.29) is 35.8 Å². The molecule has 4 N–H and O–H groups in total. The van der Waals surface area contributed by atoms with Gasteiger partial charge in [0.1, 0.15) is 6.04 Å². The van der Waals surface area contributed by atoms with Gasteiger partial charge in [-0.25, -0.2) is 9.97 Å². The highest BCUT2D eigenvalue weighted by atomic mass is 16.6. The third-order valence-corrected chi connectivity index (χ3v) is 12.3. The van der Waals surface area contributed by atoms with Gasteiger partial charge in [0.05, 0.1) is 76.1 Å². The minimum absolute atomic E-state index is 0.0545. The average Bonchev–Trinajstić information content (AvgIpc) is 3.65. The van der Waals surface area contributed by atoms with Gasteiger partial charge in [-0.2, -0.15) is 0 Å². The third-order valence-electron chi connectivity index (χ3n) is 12.3. The smallest absolute Gasteiger partial charge is 0.264 e. The van der Waals surface area contributed by atoms with Gasteiger partial charge in [-0.1, -0.05) is 24.3 Å². The number of hydrogen-bond donors (Lipinski definition) is 4. The molecule has 3 aliphatic heterocycles. The summed E-state index contributed by atoms with van der Waals surface area (Å²) in [7, 11) is 0. The molecule has 20 nitrogen and oxygen atoms in total. The largest absolute Gasteiger partial charge is 0.382 e. The molecule has 1 atom stereocenters. The van der Waals surface area contributed by atoms with Crippen LogP contribution < -0.4 is 21.3 Å². The first-order chi connectivity index (χ1) is 35.1. The van der Waals surface area contributed by atoms with Crippen LogP contribution in [0.5, 0.6) is 0 Å². The Bertz CT molecular complexity index is 2720. The number of rotatable bonds is 24. The van der Waals surface area contributed by atoms with E-state index in [4.69, 9.17) is 18.9 Å². The quantitative estimate of drug-likeness (QED) is 0.0494. The summed E-state index contributed by atoms with van der Waals surface area (Å²) in [5.41, 5.74) is 6.50. The molecule has 5 heterocycles. The van der Waals surface area contributed by atoms with Crippen LogP contribution in [0, 0.1) is 6.92 Å². The third kappa shape index (κ3) is 13.5. The topological polar surface area (TPSA) is 236 Å². The fraction of sp³-hybridized carbons (Fsp3) is 0.365. The number of fused-ring (bicyclic) bond motifs is 1. The first kappa shape index (κ1) is 50.9. The first-order valence-corrected chi connectivity index (χ1v) is 24.0. The molecule has 8 rings (SSSR count). The van der Waals surface area contributed by atoms with E-state index in [9.17, 15) is 28.8 Å². The number of carbonyl (C=O) groups is 6. The summed E-state index contributed by atoms with van der Waals surface area (Å²) in [5, 5.41) is 11.6. The van der Waals surface area contributed by atoms with Crippen LogP contribution in [0.2, 0.25) is 0 Å². The highest BCUT2D eigenvalue weighted by Gasteiger charge is 2.45. The number of aromatic nitrogens is 3. The number of pyridine rings is 1. The lowest BCUT2D eigenvalue weighted by atomic mass is 10.0. The maximum atomic E-state index is 13.2. The molecule has 2 aromatic heterocycles. The Hall–Kier alpha value is -7.49. The van der Waals surface area contributed by atoms with Gasteiger partial charge < -0.3 is 39.8 Å². The molecule has 6 amide bonds. The molecule has 0 radical (unpaired) electrons. The second kappa shape index (κ2) is 25.1. The van der Waals surface area contributed by atoms with E-state index in [1.165, 1.54) is 0 Å². The molecule has 0 bridgehead atoms. The zero-order valence-electron chi connectivity index (χ0n) is 40.1. The fourth-order valence-electron chi connectivity index (χ4n) is 8.43. The van der Waals surface area contributed by atoms with Crippen molar-refractivity contribution in [3.05, 3.63) is 125 Å². The van der Waals surface area contributed by atoms with E-state index in [0.717, 1.165) is 46.1 Å². The number of carbonyl (C=O) groups excluding carboxylic acids is 6. The van der Waals surface area contributed by atoms with Crippen LogP contribution in [-0.4, -0.2) is 157 Å². The number of nitrogens with zero attached hydrogens (tertiary/aromatic N) is 6. The van der Waals surface area contributed by atoms with Crippen molar-refractivity contribution in [3.63, 3.8) is 0 Å². The van der Waals surface area contributed by atoms with E-state index in [2.05, 4.69) is 41.1 Å². The van der Waals surface area contributed by atoms with Crippen molar-refractivity contribution in [2.45, 2.75) is 38.8 Å². The number of ether oxygens (including phenoxy) is 4. The number of piperazine rings is 1. The molecule has 3 aromatic carbocycles. The van der Waals surface area contributed by atoms with Crippen LogP contribution >= 0.6 is 0 Å². The van der Waals surface area contributed by atoms with Gasteiger partial charge in [-0.3, -0.25) is 48.9 Å². The summed E-state index contributed by atoms with van der Waals surface area (Å²) in [4.78, 5) is 94.6. The second-order valence-corrected chi connectivity index (χ2v) is 17.3. The summed E-state index contributed by atoms with van der Waals surface area (Å²) in [6.07, 6.45) is 5.60. The molecule has 376 valence electrons. The molecule has 3 aliphatic rings. The van der Waals surface area contributed by atoms with E-state index >= 15 is 0 Å². The van der Waals surface area contributed by atoms with E-state index in [0.29, 0.717) is 108 Å². The summed E-state index contributed by atoms with van der Waals surface area (Å²) in [6, 6.07) is 22.7. The lowest BCUT2D eigenvalue weighted by molar-refractivity contribution is -0.136. The van der Waals surface area contributed by atoms with Gasteiger partial charge >= 0.3 is 0 Å². The van der Waals surface area contributed by atoms with Crippen molar-refractivity contribution < 1.29 is 47.7 Å². The van der Waals surface area contributed by atoms with E-state index < -0.39 is 29.7 Å². The van der Waals surface area contributed by atoms with E-state index in [1.54, 1.807) is 36.8 Å². The highest BCUT2D eigenvalue weighted by Crippen LogP contribution is 2.32. The van der Waals surface area contributed by atoms with Crippen molar-refractivity contribution in [1.82, 2.24) is 35.0 Å². The molecule has 2 saturated heterocycles. The number of piperidine rings is 1. The average molecular weight is 983 g/mol. The number of aryl methyl sites for hydroxylation is 1. The van der Waals surface area contributed by atoms with Crippen molar-refractivity contribution in [2.75, 3.05) is 102 Å². The lowest BCUT2D eigenvalue weighted by Crippen LogP contribution is -2.54. The maximum absolute atomic E-state index is 13.2. The molecule has 20 heteroatoms. The van der Waals surface area contributed by atoms with Crippen molar-refractivity contribution in [3.8, 4) is 11.3 Å². The molecule has 72 heavy (non-hydrogen) atoms. The number of nitrogens with one attached hydrogen (secondary N) is 4. The van der Waals surface area contributed by atoms with Gasteiger partial charge in [0.15, 0.2) is 0 Å².